The number of thiazole rings is 1. The summed E-state index contributed by atoms with van der Waals surface area (Å²) in [6.07, 6.45) is 0. The second-order valence-corrected chi connectivity index (χ2v) is 5.00. The zero-order valence-corrected chi connectivity index (χ0v) is 10.7. The molecule has 0 bridgehead atoms. The molecule has 3 rings (SSSR count). The highest BCUT2D eigenvalue weighted by molar-refractivity contribution is 7.20. The van der Waals surface area contributed by atoms with Gasteiger partial charge in [-0.15, -0.1) is 4.91 Å². The Morgan fingerprint density at radius 1 is 1.28 bits per heavy atom. The first-order chi connectivity index (χ1) is 8.70. The Morgan fingerprint density at radius 3 is 2.72 bits per heavy atom. The first-order valence-corrected chi connectivity index (χ1v) is 6.28. The van der Waals surface area contributed by atoms with Crippen LogP contribution in [0, 0.1) is 18.8 Å². The lowest BCUT2D eigenvalue weighted by Gasteiger charge is -1.96. The number of benzene rings is 1. The second-order valence-electron chi connectivity index (χ2n) is 3.99. The van der Waals surface area contributed by atoms with Crippen LogP contribution in [-0.2, 0) is 0 Å². The molecule has 90 valence electrons. The first kappa shape index (κ1) is 11.0. The van der Waals surface area contributed by atoms with Crippen LogP contribution >= 0.6 is 11.3 Å². The van der Waals surface area contributed by atoms with Crippen LogP contribution in [-0.4, -0.2) is 14.8 Å². The minimum atomic E-state index is 0.397. The van der Waals surface area contributed by atoms with E-state index in [4.69, 9.17) is 0 Å². The number of hydrogen-bond donors (Lipinski definition) is 0. The van der Waals surface area contributed by atoms with Gasteiger partial charge >= 0.3 is 0 Å². The summed E-state index contributed by atoms with van der Waals surface area (Å²) in [4.78, 5) is 15.3. The van der Waals surface area contributed by atoms with E-state index in [9.17, 15) is 4.91 Å². The topological polar surface area (TPSA) is 60.1 Å². The van der Waals surface area contributed by atoms with Crippen molar-refractivity contribution in [3.63, 3.8) is 0 Å². The van der Waals surface area contributed by atoms with Crippen LogP contribution in [0.15, 0.2) is 29.4 Å². The van der Waals surface area contributed by atoms with E-state index >= 15 is 0 Å². The van der Waals surface area contributed by atoms with Gasteiger partial charge in [0.2, 0.25) is 5.13 Å². The fourth-order valence-corrected chi connectivity index (χ4v) is 2.87. The van der Waals surface area contributed by atoms with Crippen LogP contribution in [0.5, 0.6) is 0 Å². The molecule has 2 aromatic heterocycles. The zero-order chi connectivity index (χ0) is 12.7. The number of nitrogens with zero attached hydrogens (tertiary/aromatic N) is 4. The molecule has 0 amide bonds. The molecule has 0 atom stereocenters. The molecule has 18 heavy (non-hydrogen) atoms. The number of aromatic nitrogens is 3. The summed E-state index contributed by atoms with van der Waals surface area (Å²) in [5.41, 5.74) is 2.68. The van der Waals surface area contributed by atoms with Crippen molar-refractivity contribution in [2.45, 2.75) is 13.8 Å². The molecule has 3 aromatic rings. The minimum absolute atomic E-state index is 0.397. The quantitative estimate of drug-likeness (QED) is 0.661. The van der Waals surface area contributed by atoms with Gasteiger partial charge in [0.1, 0.15) is 0 Å². The predicted molar refractivity (Wildman–Crippen MR) is 71.7 cm³/mol. The fourth-order valence-electron chi connectivity index (χ4n) is 1.90. The van der Waals surface area contributed by atoms with Gasteiger partial charge in [-0.3, -0.25) is 0 Å². The van der Waals surface area contributed by atoms with Crippen LogP contribution in [0.1, 0.15) is 11.4 Å². The first-order valence-electron chi connectivity index (χ1n) is 5.46. The van der Waals surface area contributed by atoms with Gasteiger partial charge in [0.25, 0.3) is 0 Å². The molecular weight excluding hydrogens is 248 g/mol. The maximum Gasteiger partial charge on any atom is 0.211 e. The maximum atomic E-state index is 10.7. The minimum Gasteiger partial charge on any atom is -0.218 e. The summed E-state index contributed by atoms with van der Waals surface area (Å²) in [5.74, 6) is 0. The SMILES string of the molecule is Cc1nn(-c2nc3ccccc3s2)c(C)c1N=O. The van der Waals surface area contributed by atoms with Crippen molar-refractivity contribution in [2.75, 3.05) is 0 Å². The highest BCUT2D eigenvalue weighted by Gasteiger charge is 2.15. The van der Waals surface area contributed by atoms with E-state index in [1.54, 1.807) is 22.9 Å². The number of para-hydroxylation sites is 1. The van der Waals surface area contributed by atoms with Gasteiger partial charge in [0.05, 0.1) is 21.6 Å². The molecule has 0 saturated carbocycles. The van der Waals surface area contributed by atoms with Gasteiger partial charge in [-0.2, -0.15) is 5.10 Å². The molecule has 0 aliphatic rings. The van der Waals surface area contributed by atoms with Crippen LogP contribution in [0.25, 0.3) is 15.3 Å². The summed E-state index contributed by atoms with van der Waals surface area (Å²) < 4.78 is 2.78. The Kier molecular flexibility index (Phi) is 2.45. The lowest BCUT2D eigenvalue weighted by atomic mass is 10.3. The molecule has 1 aromatic carbocycles. The molecule has 6 heteroatoms. The molecule has 0 unspecified atom stereocenters. The smallest absolute Gasteiger partial charge is 0.211 e. The molecule has 0 aliphatic heterocycles. The summed E-state index contributed by atoms with van der Waals surface area (Å²) in [5, 5.41) is 8.09. The lowest BCUT2D eigenvalue weighted by molar-refractivity contribution is 0.828. The molecule has 2 heterocycles. The molecular formula is C12H10N4OS. The second kappa shape index (κ2) is 3.99. The Morgan fingerprint density at radius 2 is 2.06 bits per heavy atom. The molecule has 5 nitrogen and oxygen atoms in total. The monoisotopic (exact) mass is 258 g/mol. The fraction of sp³-hybridized carbons (Fsp3) is 0.167. The molecule has 0 aliphatic carbocycles. The number of aryl methyl sites for hydroxylation is 1. The van der Waals surface area contributed by atoms with Crippen LogP contribution in [0.4, 0.5) is 5.69 Å². The van der Waals surface area contributed by atoms with E-state index in [1.165, 1.54) is 0 Å². The Bertz CT molecular complexity index is 711. The van der Waals surface area contributed by atoms with Crippen LogP contribution < -0.4 is 0 Å². The van der Waals surface area contributed by atoms with Crippen molar-refractivity contribution < 1.29 is 0 Å². The summed E-state index contributed by atoms with van der Waals surface area (Å²) in [7, 11) is 0. The Balaban J connectivity index is 2.23. The van der Waals surface area contributed by atoms with Gasteiger partial charge in [0, 0.05) is 0 Å². The van der Waals surface area contributed by atoms with Gasteiger partial charge in [-0.25, -0.2) is 9.67 Å². The largest absolute Gasteiger partial charge is 0.218 e. The van der Waals surface area contributed by atoms with Crippen LogP contribution in [0.3, 0.4) is 0 Å². The van der Waals surface area contributed by atoms with Crippen LogP contribution in [0.2, 0.25) is 0 Å². The number of hydrogen-bond acceptors (Lipinski definition) is 5. The summed E-state index contributed by atoms with van der Waals surface area (Å²) in [6, 6.07) is 7.90. The molecule has 0 fully saturated rings. The van der Waals surface area contributed by atoms with E-state index in [2.05, 4.69) is 15.3 Å². The highest BCUT2D eigenvalue weighted by atomic mass is 32.1. The predicted octanol–water partition coefficient (Wildman–Crippen LogP) is 3.50. The summed E-state index contributed by atoms with van der Waals surface area (Å²) in [6.45, 7) is 3.59. The third-order valence-electron chi connectivity index (χ3n) is 2.81. The van der Waals surface area contributed by atoms with E-state index in [0.29, 0.717) is 11.4 Å². The van der Waals surface area contributed by atoms with E-state index in [-0.39, 0.29) is 0 Å². The maximum absolute atomic E-state index is 10.7. The molecule has 0 spiro atoms. The van der Waals surface area contributed by atoms with Crippen molar-refractivity contribution >= 4 is 27.2 Å². The van der Waals surface area contributed by atoms with Crippen molar-refractivity contribution in [3.8, 4) is 5.13 Å². The standard InChI is InChI=1S/C12H10N4OS/c1-7-11(15-17)8(2)16(14-7)12-13-9-5-3-4-6-10(9)18-12/h3-6H,1-2H3. The number of nitroso groups, excluding NO2 is 1. The Hall–Kier alpha value is -2.08. The van der Waals surface area contributed by atoms with E-state index in [0.717, 1.165) is 21.0 Å². The van der Waals surface area contributed by atoms with Gasteiger partial charge in [0.15, 0.2) is 5.69 Å². The molecule has 0 N–H and O–H groups in total. The lowest BCUT2D eigenvalue weighted by Crippen LogP contribution is -1.97. The third-order valence-corrected chi connectivity index (χ3v) is 3.82. The van der Waals surface area contributed by atoms with Crippen molar-refractivity contribution in [3.05, 3.63) is 40.6 Å². The number of fused-ring (bicyclic) bond motifs is 1. The van der Waals surface area contributed by atoms with E-state index in [1.807, 2.05) is 31.2 Å². The third kappa shape index (κ3) is 1.53. The van der Waals surface area contributed by atoms with Crippen molar-refractivity contribution in [1.29, 1.82) is 0 Å². The molecule has 0 saturated heterocycles. The number of rotatable bonds is 2. The summed E-state index contributed by atoms with van der Waals surface area (Å²) >= 11 is 1.54. The van der Waals surface area contributed by atoms with Crippen molar-refractivity contribution in [1.82, 2.24) is 14.8 Å². The van der Waals surface area contributed by atoms with Crippen molar-refractivity contribution in [2.24, 2.45) is 5.18 Å². The van der Waals surface area contributed by atoms with E-state index < -0.39 is 0 Å². The average molecular weight is 258 g/mol. The highest BCUT2D eigenvalue weighted by Crippen LogP contribution is 2.29. The Labute approximate surface area is 107 Å². The van der Waals surface area contributed by atoms with Gasteiger partial charge < -0.3 is 0 Å². The molecule has 0 radical (unpaired) electrons. The van der Waals surface area contributed by atoms with Gasteiger partial charge in [-0.1, -0.05) is 23.5 Å². The zero-order valence-electron chi connectivity index (χ0n) is 9.91. The van der Waals surface area contributed by atoms with Gasteiger partial charge in [-0.05, 0) is 31.2 Å². The normalized spacial score (nSPS) is 11.0. The average Bonchev–Trinajstić information content (AvgIpc) is 2.90.